The summed E-state index contributed by atoms with van der Waals surface area (Å²) in [5.74, 6) is 0.816. The lowest BCUT2D eigenvalue weighted by atomic mass is 10.4. The maximum atomic E-state index is 10.9. The molecule has 0 radical (unpaired) electrons. The molecule has 5 nitrogen and oxygen atoms in total. The Bertz CT molecular complexity index is 323. The van der Waals surface area contributed by atoms with Gasteiger partial charge in [-0.1, -0.05) is 6.92 Å². The normalized spacial score (nSPS) is 10.4. The van der Waals surface area contributed by atoms with E-state index in [4.69, 9.17) is 0 Å². The first-order chi connectivity index (χ1) is 7.77. The van der Waals surface area contributed by atoms with E-state index in [1.807, 2.05) is 6.20 Å². The summed E-state index contributed by atoms with van der Waals surface area (Å²) in [6.07, 6.45) is 5.25. The number of nitrogens with zero attached hydrogens (tertiary/aromatic N) is 2. The molecule has 0 amide bonds. The number of carbonyl (C=O) groups excluding carboxylic acids is 1. The lowest BCUT2D eigenvalue weighted by Crippen LogP contribution is -2.20. The van der Waals surface area contributed by atoms with Gasteiger partial charge in [0.25, 0.3) is 0 Å². The quantitative estimate of drug-likeness (QED) is 0.554. The standard InChI is InChI=1S/C11H19N3O2/c1-3-7-14-8-6-13-10(14)9-12-5-4-11(15)16-2/h6,8,12H,3-5,7,9H2,1-2H3. The second-order valence-electron chi connectivity index (χ2n) is 3.54. The smallest absolute Gasteiger partial charge is 0.306 e. The van der Waals surface area contributed by atoms with Crippen LogP contribution in [-0.2, 0) is 22.6 Å². The van der Waals surface area contributed by atoms with E-state index in [2.05, 4.69) is 26.5 Å². The van der Waals surface area contributed by atoms with Crippen LogP contribution in [0.4, 0.5) is 0 Å². The Morgan fingerprint density at radius 2 is 2.44 bits per heavy atom. The number of methoxy groups -OCH3 is 1. The fraction of sp³-hybridized carbons (Fsp3) is 0.636. The van der Waals surface area contributed by atoms with Crippen molar-refractivity contribution >= 4 is 5.97 Å². The molecule has 0 aromatic carbocycles. The second-order valence-corrected chi connectivity index (χ2v) is 3.54. The minimum absolute atomic E-state index is 0.190. The number of aryl methyl sites for hydroxylation is 1. The van der Waals surface area contributed by atoms with Crippen molar-refractivity contribution in [2.45, 2.75) is 32.9 Å². The van der Waals surface area contributed by atoms with Crippen LogP contribution in [0.15, 0.2) is 12.4 Å². The lowest BCUT2D eigenvalue weighted by Gasteiger charge is -2.07. The largest absolute Gasteiger partial charge is 0.469 e. The van der Waals surface area contributed by atoms with Crippen molar-refractivity contribution in [1.82, 2.24) is 14.9 Å². The average Bonchev–Trinajstić information content (AvgIpc) is 2.72. The molecule has 1 aromatic heterocycles. The molecule has 0 atom stereocenters. The molecule has 90 valence electrons. The highest BCUT2D eigenvalue weighted by atomic mass is 16.5. The zero-order valence-corrected chi connectivity index (χ0v) is 9.90. The van der Waals surface area contributed by atoms with E-state index in [1.165, 1.54) is 7.11 Å². The predicted molar refractivity (Wildman–Crippen MR) is 60.9 cm³/mol. The minimum Gasteiger partial charge on any atom is -0.469 e. The molecule has 0 aliphatic carbocycles. The van der Waals surface area contributed by atoms with Gasteiger partial charge >= 0.3 is 5.97 Å². The van der Waals surface area contributed by atoms with E-state index in [-0.39, 0.29) is 5.97 Å². The van der Waals surface area contributed by atoms with E-state index >= 15 is 0 Å². The topological polar surface area (TPSA) is 56.2 Å². The third-order valence-electron chi connectivity index (χ3n) is 2.28. The molecule has 1 rings (SSSR count). The average molecular weight is 225 g/mol. The molecular weight excluding hydrogens is 206 g/mol. The molecule has 0 spiro atoms. The summed E-state index contributed by atoms with van der Waals surface area (Å²) in [5.41, 5.74) is 0. The van der Waals surface area contributed by atoms with Crippen molar-refractivity contribution in [1.29, 1.82) is 0 Å². The highest BCUT2D eigenvalue weighted by molar-refractivity contribution is 5.69. The SMILES string of the molecule is CCCn1ccnc1CNCCC(=O)OC. The summed E-state index contributed by atoms with van der Waals surface area (Å²) in [6, 6.07) is 0. The van der Waals surface area contributed by atoms with E-state index in [1.54, 1.807) is 6.20 Å². The molecule has 1 aromatic rings. The number of carbonyl (C=O) groups is 1. The first kappa shape index (κ1) is 12.7. The van der Waals surface area contributed by atoms with Gasteiger partial charge in [0.1, 0.15) is 5.82 Å². The van der Waals surface area contributed by atoms with Gasteiger partial charge in [0, 0.05) is 25.5 Å². The number of nitrogens with one attached hydrogen (secondary N) is 1. The van der Waals surface area contributed by atoms with Crippen LogP contribution in [0.25, 0.3) is 0 Å². The van der Waals surface area contributed by atoms with Crippen LogP contribution in [0.1, 0.15) is 25.6 Å². The Hall–Kier alpha value is -1.36. The molecule has 1 N–H and O–H groups in total. The Morgan fingerprint density at radius 1 is 1.62 bits per heavy atom. The number of imidazole rings is 1. The summed E-state index contributed by atoms with van der Waals surface area (Å²) in [4.78, 5) is 15.1. The third kappa shape index (κ3) is 4.02. The van der Waals surface area contributed by atoms with Crippen LogP contribution in [0.5, 0.6) is 0 Å². The van der Waals surface area contributed by atoms with Crippen LogP contribution in [0.2, 0.25) is 0 Å². The van der Waals surface area contributed by atoms with Crippen molar-refractivity contribution in [2.24, 2.45) is 0 Å². The van der Waals surface area contributed by atoms with Gasteiger partial charge in [0.15, 0.2) is 0 Å². The summed E-state index contributed by atoms with van der Waals surface area (Å²) >= 11 is 0. The number of hydrogen-bond acceptors (Lipinski definition) is 4. The maximum Gasteiger partial charge on any atom is 0.306 e. The molecule has 0 saturated heterocycles. The van der Waals surface area contributed by atoms with Crippen molar-refractivity contribution in [2.75, 3.05) is 13.7 Å². The summed E-state index contributed by atoms with van der Waals surface area (Å²) in [6.45, 7) is 4.41. The Labute approximate surface area is 95.8 Å². The van der Waals surface area contributed by atoms with E-state index < -0.39 is 0 Å². The molecule has 0 unspecified atom stereocenters. The van der Waals surface area contributed by atoms with Crippen molar-refractivity contribution in [3.8, 4) is 0 Å². The van der Waals surface area contributed by atoms with Gasteiger partial charge < -0.3 is 14.6 Å². The molecule has 0 bridgehead atoms. The molecular formula is C11H19N3O2. The molecule has 0 aliphatic rings. The molecule has 5 heteroatoms. The number of rotatable bonds is 7. The van der Waals surface area contributed by atoms with E-state index in [0.29, 0.717) is 19.5 Å². The van der Waals surface area contributed by atoms with Gasteiger partial charge in [0.2, 0.25) is 0 Å². The Balaban J connectivity index is 2.26. The van der Waals surface area contributed by atoms with Gasteiger partial charge in [0.05, 0.1) is 20.1 Å². The number of esters is 1. The van der Waals surface area contributed by atoms with Crippen molar-refractivity contribution in [3.63, 3.8) is 0 Å². The molecule has 0 fully saturated rings. The van der Waals surface area contributed by atoms with Gasteiger partial charge in [-0.2, -0.15) is 0 Å². The first-order valence-corrected chi connectivity index (χ1v) is 5.55. The van der Waals surface area contributed by atoms with Gasteiger partial charge in [-0.3, -0.25) is 4.79 Å². The number of aromatic nitrogens is 2. The highest BCUT2D eigenvalue weighted by Crippen LogP contribution is 1.98. The van der Waals surface area contributed by atoms with E-state index in [9.17, 15) is 4.79 Å². The van der Waals surface area contributed by atoms with Crippen molar-refractivity contribution in [3.05, 3.63) is 18.2 Å². The Morgan fingerprint density at radius 3 is 3.12 bits per heavy atom. The number of hydrogen-bond donors (Lipinski definition) is 1. The predicted octanol–water partition coefficient (Wildman–Crippen LogP) is 0.946. The van der Waals surface area contributed by atoms with Crippen LogP contribution < -0.4 is 5.32 Å². The van der Waals surface area contributed by atoms with Crippen LogP contribution in [0.3, 0.4) is 0 Å². The molecule has 0 aliphatic heterocycles. The molecule has 16 heavy (non-hydrogen) atoms. The summed E-state index contributed by atoms with van der Waals surface area (Å²) in [5, 5.41) is 3.17. The fourth-order valence-electron chi connectivity index (χ4n) is 1.44. The zero-order chi connectivity index (χ0) is 11.8. The summed E-state index contributed by atoms with van der Waals surface area (Å²) < 4.78 is 6.67. The van der Waals surface area contributed by atoms with Crippen molar-refractivity contribution < 1.29 is 9.53 Å². The minimum atomic E-state index is -0.190. The van der Waals surface area contributed by atoms with Gasteiger partial charge in [-0.15, -0.1) is 0 Å². The maximum absolute atomic E-state index is 10.9. The fourth-order valence-corrected chi connectivity index (χ4v) is 1.44. The second kappa shape index (κ2) is 7.00. The first-order valence-electron chi connectivity index (χ1n) is 5.55. The zero-order valence-electron chi connectivity index (χ0n) is 9.90. The monoisotopic (exact) mass is 225 g/mol. The lowest BCUT2D eigenvalue weighted by molar-refractivity contribution is -0.140. The van der Waals surface area contributed by atoms with Gasteiger partial charge in [-0.05, 0) is 6.42 Å². The van der Waals surface area contributed by atoms with Crippen LogP contribution in [-0.4, -0.2) is 29.2 Å². The summed E-state index contributed by atoms with van der Waals surface area (Å²) in [7, 11) is 1.40. The molecule has 0 saturated carbocycles. The van der Waals surface area contributed by atoms with Crippen LogP contribution in [0, 0.1) is 0 Å². The number of ether oxygens (including phenoxy) is 1. The molecule has 1 heterocycles. The van der Waals surface area contributed by atoms with Gasteiger partial charge in [-0.25, -0.2) is 4.98 Å². The Kier molecular flexibility index (Phi) is 5.56. The van der Waals surface area contributed by atoms with Crippen LogP contribution >= 0.6 is 0 Å². The van der Waals surface area contributed by atoms with E-state index in [0.717, 1.165) is 18.8 Å². The third-order valence-corrected chi connectivity index (χ3v) is 2.28. The highest BCUT2D eigenvalue weighted by Gasteiger charge is 2.02.